The van der Waals surface area contributed by atoms with E-state index in [0.717, 1.165) is 28.4 Å². The minimum Gasteiger partial charge on any atom is -0.381 e. The van der Waals surface area contributed by atoms with Gasteiger partial charge in [-0.2, -0.15) is 0 Å². The summed E-state index contributed by atoms with van der Waals surface area (Å²) in [6, 6.07) is 0. The molecule has 0 rings (SSSR count). The van der Waals surface area contributed by atoms with Crippen molar-refractivity contribution in [2.75, 3.05) is 13.2 Å². The van der Waals surface area contributed by atoms with Crippen molar-refractivity contribution in [3.63, 3.8) is 0 Å². The number of rotatable bonds is 14. The second-order valence-corrected chi connectivity index (χ2v) is 7.33. The Morgan fingerprint density at radius 1 is 0.550 bits per heavy atom. The van der Waals surface area contributed by atoms with Gasteiger partial charge in [-0.15, -0.1) is 10.6 Å². The minimum absolute atomic E-state index is 0.822. The van der Waals surface area contributed by atoms with Crippen LogP contribution < -0.4 is 0 Å². The van der Waals surface area contributed by atoms with E-state index in [1.165, 1.54) is 74.8 Å². The first-order valence-corrected chi connectivity index (χ1v) is 10.9. The van der Waals surface area contributed by atoms with Gasteiger partial charge in [0.15, 0.2) is 15.2 Å². The predicted molar refractivity (Wildman–Crippen MR) is 95.1 cm³/mol. The molecular weight excluding hydrogens is 259 g/mol. The summed E-state index contributed by atoms with van der Waals surface area (Å²) in [6.45, 7) is 11.0. The lowest BCUT2D eigenvalue weighted by Gasteiger charge is -2.03. The van der Waals surface area contributed by atoms with Crippen LogP contribution in [-0.2, 0) is 4.74 Å². The smallest absolute Gasteiger partial charge is 0.199 e. The molecule has 0 aromatic heterocycles. The Morgan fingerprint density at radius 3 is 1.35 bits per heavy atom. The van der Waals surface area contributed by atoms with Crippen molar-refractivity contribution in [3.8, 4) is 0 Å². The fourth-order valence-corrected chi connectivity index (χ4v) is 3.02. The average molecular weight is 299 g/mol. The third-order valence-corrected chi connectivity index (χ3v) is 5.24. The molecule has 0 spiro atoms. The van der Waals surface area contributed by atoms with Gasteiger partial charge in [0.25, 0.3) is 0 Å². The standard InChI is InChI=1S/C12H26O.2C3H7.Al/c1-3-5-7-9-11-13-12-10-8-6-4-2;2*1-3-2;/h3-12H2,1-2H3;2*1,3H2,2H3;. The Morgan fingerprint density at radius 2 is 1.00 bits per heavy atom. The van der Waals surface area contributed by atoms with Gasteiger partial charge in [-0.3, -0.25) is 0 Å². The van der Waals surface area contributed by atoms with E-state index in [-0.39, 0.29) is 0 Å². The number of hydrogen-bond acceptors (Lipinski definition) is 1. The molecule has 0 N–H and O–H groups in total. The van der Waals surface area contributed by atoms with Crippen LogP contribution in [0.15, 0.2) is 0 Å². The molecule has 0 aliphatic carbocycles. The monoisotopic (exact) mass is 299 g/mol. The molecule has 20 heavy (non-hydrogen) atoms. The minimum atomic E-state index is 0.822. The van der Waals surface area contributed by atoms with Gasteiger partial charge in [0.2, 0.25) is 0 Å². The predicted octanol–water partition coefficient (Wildman–Crippen LogP) is 6.51. The zero-order valence-electron chi connectivity index (χ0n) is 14.9. The molecule has 0 aromatic rings. The maximum absolute atomic E-state index is 5.53. The number of unbranched alkanes of at least 4 members (excludes halogenated alkanes) is 6. The van der Waals surface area contributed by atoms with E-state index in [1.54, 1.807) is 0 Å². The molecule has 0 fully saturated rings. The average Bonchev–Trinajstić information content (AvgIpc) is 2.47. The van der Waals surface area contributed by atoms with Crippen molar-refractivity contribution in [2.24, 2.45) is 0 Å². The molecule has 0 atom stereocenters. The van der Waals surface area contributed by atoms with Gasteiger partial charge in [0, 0.05) is 13.2 Å². The second-order valence-electron chi connectivity index (χ2n) is 5.60. The molecule has 1 radical (unpaired) electrons. The van der Waals surface area contributed by atoms with Crippen molar-refractivity contribution >= 4 is 15.2 Å². The van der Waals surface area contributed by atoms with Crippen LogP contribution in [0.5, 0.6) is 0 Å². The third kappa shape index (κ3) is 26.9. The lowest BCUT2D eigenvalue weighted by molar-refractivity contribution is 0.126. The van der Waals surface area contributed by atoms with Crippen molar-refractivity contribution in [1.29, 1.82) is 0 Å². The fourth-order valence-electron chi connectivity index (χ4n) is 1.92. The highest BCUT2D eigenvalue weighted by molar-refractivity contribution is 6.35. The molecule has 0 aromatic carbocycles. The van der Waals surface area contributed by atoms with Crippen LogP contribution in [0.4, 0.5) is 0 Å². The van der Waals surface area contributed by atoms with E-state index in [0.29, 0.717) is 0 Å². The molecule has 0 aliphatic heterocycles. The molecular formula is C18H40AlO. The molecule has 2 heteroatoms. The zero-order valence-corrected chi connectivity index (χ0v) is 16.0. The van der Waals surface area contributed by atoms with Crippen LogP contribution in [0.25, 0.3) is 0 Å². The molecule has 1 nitrogen and oxygen atoms in total. The number of hydrogen-bond donors (Lipinski definition) is 0. The van der Waals surface area contributed by atoms with Crippen LogP contribution in [-0.4, -0.2) is 28.4 Å². The lowest BCUT2D eigenvalue weighted by atomic mass is 10.2. The summed E-state index contributed by atoms with van der Waals surface area (Å²) in [4.78, 5) is 0. The van der Waals surface area contributed by atoms with Crippen LogP contribution in [0.1, 0.15) is 91.9 Å². The van der Waals surface area contributed by atoms with Crippen LogP contribution in [0.2, 0.25) is 10.6 Å². The molecule has 0 aliphatic rings. The molecule has 0 amide bonds. The van der Waals surface area contributed by atoms with Crippen LogP contribution in [0.3, 0.4) is 0 Å². The highest BCUT2D eigenvalue weighted by atomic mass is 27.1. The quantitative estimate of drug-likeness (QED) is 0.262. The normalized spacial score (nSPS) is 10.0. The van der Waals surface area contributed by atoms with E-state index in [1.807, 2.05) is 0 Å². The first-order valence-electron chi connectivity index (χ1n) is 9.22. The van der Waals surface area contributed by atoms with Gasteiger partial charge in [-0.05, 0) is 12.8 Å². The van der Waals surface area contributed by atoms with Crippen molar-refractivity contribution in [2.45, 2.75) is 102 Å². The Hall–Kier alpha value is 0.492. The maximum Gasteiger partial charge on any atom is 0.199 e. The summed E-state index contributed by atoms with van der Waals surface area (Å²) >= 11 is 0.822. The molecule has 0 bridgehead atoms. The van der Waals surface area contributed by atoms with E-state index in [4.69, 9.17) is 4.74 Å². The highest BCUT2D eigenvalue weighted by Crippen LogP contribution is 2.01. The first-order chi connectivity index (χ1) is 9.83. The van der Waals surface area contributed by atoms with Crippen molar-refractivity contribution < 1.29 is 4.74 Å². The Kier molecular flexibility index (Phi) is 27.9. The summed E-state index contributed by atoms with van der Waals surface area (Å²) in [6.07, 6.45) is 13.3. The molecule has 121 valence electrons. The summed E-state index contributed by atoms with van der Waals surface area (Å²) in [5.74, 6) is 0. The first kappa shape index (κ1) is 22.8. The van der Waals surface area contributed by atoms with Gasteiger partial charge in [0.1, 0.15) is 0 Å². The van der Waals surface area contributed by atoms with Gasteiger partial charge in [0.05, 0.1) is 0 Å². The molecule has 0 saturated heterocycles. The molecule has 0 heterocycles. The van der Waals surface area contributed by atoms with Gasteiger partial charge >= 0.3 is 0 Å². The van der Waals surface area contributed by atoms with Gasteiger partial charge in [-0.1, -0.05) is 79.1 Å². The number of ether oxygens (including phenoxy) is 1. The van der Waals surface area contributed by atoms with Crippen LogP contribution in [0, 0.1) is 0 Å². The fraction of sp³-hybridized carbons (Fsp3) is 1.00. The van der Waals surface area contributed by atoms with Gasteiger partial charge in [-0.25, -0.2) is 0 Å². The summed E-state index contributed by atoms with van der Waals surface area (Å²) in [7, 11) is 0. The van der Waals surface area contributed by atoms with E-state index >= 15 is 0 Å². The highest BCUT2D eigenvalue weighted by Gasteiger charge is 1.90. The maximum atomic E-state index is 5.53. The van der Waals surface area contributed by atoms with Crippen LogP contribution >= 0.6 is 0 Å². The van der Waals surface area contributed by atoms with E-state index < -0.39 is 0 Å². The van der Waals surface area contributed by atoms with E-state index in [2.05, 4.69) is 27.7 Å². The largest absolute Gasteiger partial charge is 0.381 e. The van der Waals surface area contributed by atoms with Crippen molar-refractivity contribution in [1.82, 2.24) is 0 Å². The Labute approximate surface area is 136 Å². The SMILES string of the molecule is CCCCCCOCCCCCC.CC[CH2][Al][CH2]CC. The second kappa shape index (κ2) is 24.5. The summed E-state index contributed by atoms with van der Waals surface area (Å²) < 4.78 is 5.53. The Bertz CT molecular complexity index is 125. The molecule has 0 unspecified atom stereocenters. The topological polar surface area (TPSA) is 9.23 Å². The Balaban J connectivity index is 0. The van der Waals surface area contributed by atoms with Gasteiger partial charge < -0.3 is 4.74 Å². The lowest BCUT2D eigenvalue weighted by Crippen LogP contribution is -1.96. The summed E-state index contributed by atoms with van der Waals surface area (Å²) in [5, 5.41) is 3.02. The zero-order chi connectivity index (χ0) is 15.3. The third-order valence-electron chi connectivity index (χ3n) is 3.27. The van der Waals surface area contributed by atoms with Crippen molar-refractivity contribution in [3.05, 3.63) is 0 Å². The summed E-state index contributed by atoms with van der Waals surface area (Å²) in [5.41, 5.74) is 0. The van der Waals surface area contributed by atoms with E-state index in [9.17, 15) is 0 Å². The molecule has 0 saturated carbocycles.